The Morgan fingerprint density at radius 1 is 1.04 bits per heavy atom. The van der Waals surface area contributed by atoms with Crippen LogP contribution in [0.15, 0.2) is 47.4 Å². The third-order valence-corrected chi connectivity index (χ3v) is 6.17. The summed E-state index contributed by atoms with van der Waals surface area (Å²) in [7, 11) is -3.72. The number of phenolic OH excluding ortho intramolecular Hbond substituents is 1. The summed E-state index contributed by atoms with van der Waals surface area (Å²) in [6, 6.07) is 10.3. The second kappa shape index (κ2) is 6.58. The van der Waals surface area contributed by atoms with Gasteiger partial charge in [-0.15, -0.1) is 0 Å². The molecule has 2 aromatic carbocycles. The van der Waals surface area contributed by atoms with E-state index in [-0.39, 0.29) is 28.8 Å². The minimum Gasteiger partial charge on any atom is -0.506 e. The van der Waals surface area contributed by atoms with E-state index in [1.807, 2.05) is 11.0 Å². The van der Waals surface area contributed by atoms with Gasteiger partial charge in [0.25, 0.3) is 0 Å². The maximum atomic E-state index is 13.2. The number of piperazine rings is 1. The molecule has 5 nitrogen and oxygen atoms in total. The van der Waals surface area contributed by atoms with E-state index in [4.69, 9.17) is 11.6 Å². The van der Waals surface area contributed by atoms with Crippen LogP contribution in [-0.2, 0) is 10.0 Å². The van der Waals surface area contributed by atoms with Crippen LogP contribution in [0.4, 0.5) is 10.1 Å². The second-order valence-electron chi connectivity index (χ2n) is 5.46. The molecular weight excluding hydrogens is 355 g/mol. The zero-order chi connectivity index (χ0) is 17.3. The molecule has 3 rings (SSSR count). The average molecular weight is 371 g/mol. The summed E-state index contributed by atoms with van der Waals surface area (Å²) < 4.78 is 39.9. The highest BCUT2D eigenvalue weighted by molar-refractivity contribution is 7.89. The molecule has 2 aromatic rings. The summed E-state index contributed by atoms with van der Waals surface area (Å²) in [5.74, 6) is -0.487. The molecule has 128 valence electrons. The fourth-order valence-electron chi connectivity index (χ4n) is 2.69. The largest absolute Gasteiger partial charge is 0.506 e. The van der Waals surface area contributed by atoms with Crippen LogP contribution in [0.2, 0.25) is 5.02 Å². The monoisotopic (exact) mass is 370 g/mol. The molecule has 1 N–H and O–H groups in total. The van der Waals surface area contributed by atoms with Crippen molar-refractivity contribution < 1.29 is 17.9 Å². The quantitative estimate of drug-likeness (QED) is 0.902. The van der Waals surface area contributed by atoms with Crippen molar-refractivity contribution in [3.05, 3.63) is 53.3 Å². The molecule has 1 fully saturated rings. The smallest absolute Gasteiger partial charge is 0.243 e. The standard InChI is InChI=1S/C16H16ClFN2O3S/c17-13-11-12(5-6-14(13)18)24(22,23)20-9-7-19(8-10-20)15-3-1-2-4-16(15)21/h1-6,11,21H,7-10H2. The number of sulfonamides is 1. The number of aromatic hydroxyl groups is 1. The molecule has 1 saturated heterocycles. The van der Waals surface area contributed by atoms with Crippen LogP contribution in [0.5, 0.6) is 5.75 Å². The van der Waals surface area contributed by atoms with E-state index in [9.17, 15) is 17.9 Å². The van der Waals surface area contributed by atoms with Gasteiger partial charge in [-0.2, -0.15) is 4.31 Å². The van der Waals surface area contributed by atoms with Crippen molar-refractivity contribution in [1.82, 2.24) is 4.31 Å². The fraction of sp³-hybridized carbons (Fsp3) is 0.250. The first-order valence-electron chi connectivity index (χ1n) is 7.38. The van der Waals surface area contributed by atoms with Gasteiger partial charge in [0.2, 0.25) is 10.0 Å². The van der Waals surface area contributed by atoms with Crippen molar-refractivity contribution in [3.8, 4) is 5.75 Å². The molecule has 24 heavy (non-hydrogen) atoms. The lowest BCUT2D eigenvalue weighted by Crippen LogP contribution is -2.48. The molecular formula is C16H16ClFN2O3S. The van der Waals surface area contributed by atoms with Gasteiger partial charge < -0.3 is 10.0 Å². The normalized spacial score (nSPS) is 16.3. The molecule has 1 aliphatic heterocycles. The Morgan fingerprint density at radius 3 is 2.33 bits per heavy atom. The lowest BCUT2D eigenvalue weighted by Gasteiger charge is -2.35. The lowest BCUT2D eigenvalue weighted by atomic mass is 10.2. The predicted octanol–water partition coefficient (Wildman–Crippen LogP) is 2.70. The number of rotatable bonds is 3. The van der Waals surface area contributed by atoms with E-state index in [2.05, 4.69) is 0 Å². The summed E-state index contributed by atoms with van der Waals surface area (Å²) in [4.78, 5) is 1.91. The Balaban J connectivity index is 1.76. The molecule has 0 aromatic heterocycles. The number of halogens is 2. The SMILES string of the molecule is O=S(=O)(c1ccc(F)c(Cl)c1)N1CCN(c2ccccc2O)CC1. The Kier molecular flexibility index (Phi) is 4.67. The fourth-order valence-corrected chi connectivity index (χ4v) is 4.38. The van der Waals surface area contributed by atoms with E-state index in [0.29, 0.717) is 18.8 Å². The molecule has 0 bridgehead atoms. The van der Waals surface area contributed by atoms with Crippen molar-refractivity contribution >= 4 is 27.3 Å². The van der Waals surface area contributed by atoms with Crippen LogP contribution in [0.1, 0.15) is 0 Å². The van der Waals surface area contributed by atoms with Crippen LogP contribution in [0, 0.1) is 5.82 Å². The molecule has 1 heterocycles. The molecule has 0 saturated carbocycles. The maximum absolute atomic E-state index is 13.2. The number of benzene rings is 2. The summed E-state index contributed by atoms with van der Waals surface area (Å²) in [5, 5.41) is 9.68. The molecule has 0 atom stereocenters. The van der Waals surface area contributed by atoms with E-state index in [1.54, 1.807) is 18.2 Å². The average Bonchev–Trinajstić information content (AvgIpc) is 2.58. The van der Waals surface area contributed by atoms with E-state index >= 15 is 0 Å². The topological polar surface area (TPSA) is 60.9 Å². The number of anilines is 1. The molecule has 0 aliphatic carbocycles. The van der Waals surface area contributed by atoms with E-state index < -0.39 is 15.8 Å². The summed E-state index contributed by atoms with van der Waals surface area (Å²) in [5.41, 5.74) is 0.680. The first-order chi connectivity index (χ1) is 11.4. The number of phenols is 1. The van der Waals surface area contributed by atoms with Gasteiger partial charge in [-0.25, -0.2) is 12.8 Å². The van der Waals surface area contributed by atoms with Gasteiger partial charge in [-0.05, 0) is 30.3 Å². The minimum absolute atomic E-state index is 0.0232. The number of nitrogens with zero attached hydrogens (tertiary/aromatic N) is 2. The Bertz CT molecular complexity index is 852. The lowest BCUT2D eigenvalue weighted by molar-refractivity contribution is 0.382. The highest BCUT2D eigenvalue weighted by Crippen LogP contribution is 2.29. The third-order valence-electron chi connectivity index (χ3n) is 3.99. The van der Waals surface area contributed by atoms with Gasteiger partial charge in [0.1, 0.15) is 11.6 Å². The van der Waals surface area contributed by atoms with E-state index in [0.717, 1.165) is 12.1 Å². The summed E-state index contributed by atoms with van der Waals surface area (Å²) in [6.07, 6.45) is 0. The van der Waals surface area contributed by atoms with Gasteiger partial charge in [0, 0.05) is 26.2 Å². The van der Waals surface area contributed by atoms with Crippen molar-refractivity contribution in [2.24, 2.45) is 0 Å². The molecule has 8 heteroatoms. The van der Waals surface area contributed by atoms with Gasteiger partial charge >= 0.3 is 0 Å². The van der Waals surface area contributed by atoms with Crippen LogP contribution < -0.4 is 4.90 Å². The number of para-hydroxylation sites is 2. The van der Waals surface area contributed by atoms with Gasteiger partial charge in [-0.1, -0.05) is 23.7 Å². The van der Waals surface area contributed by atoms with Gasteiger partial charge in [0.05, 0.1) is 15.6 Å². The first kappa shape index (κ1) is 17.0. The van der Waals surface area contributed by atoms with Crippen molar-refractivity contribution in [1.29, 1.82) is 0 Å². The number of hydrogen-bond acceptors (Lipinski definition) is 4. The van der Waals surface area contributed by atoms with E-state index in [1.165, 1.54) is 10.4 Å². The first-order valence-corrected chi connectivity index (χ1v) is 9.19. The number of hydrogen-bond donors (Lipinski definition) is 1. The highest BCUT2D eigenvalue weighted by Gasteiger charge is 2.29. The highest BCUT2D eigenvalue weighted by atomic mass is 35.5. The minimum atomic E-state index is -3.72. The summed E-state index contributed by atoms with van der Waals surface area (Å²) in [6.45, 7) is 1.44. The Labute approximate surface area is 144 Å². The molecule has 0 radical (unpaired) electrons. The van der Waals surface area contributed by atoms with Crippen LogP contribution in [-0.4, -0.2) is 44.0 Å². The Hall–Kier alpha value is -1.83. The zero-order valence-corrected chi connectivity index (χ0v) is 14.3. The van der Waals surface area contributed by atoms with Gasteiger partial charge in [-0.3, -0.25) is 0 Å². The van der Waals surface area contributed by atoms with Crippen molar-refractivity contribution in [2.45, 2.75) is 4.90 Å². The van der Waals surface area contributed by atoms with Crippen LogP contribution in [0.3, 0.4) is 0 Å². The van der Waals surface area contributed by atoms with Gasteiger partial charge in [0.15, 0.2) is 0 Å². The van der Waals surface area contributed by atoms with Crippen molar-refractivity contribution in [3.63, 3.8) is 0 Å². The Morgan fingerprint density at radius 2 is 1.71 bits per heavy atom. The molecule has 0 amide bonds. The summed E-state index contributed by atoms with van der Waals surface area (Å²) >= 11 is 5.69. The zero-order valence-electron chi connectivity index (χ0n) is 12.7. The predicted molar refractivity (Wildman–Crippen MR) is 90.5 cm³/mol. The maximum Gasteiger partial charge on any atom is 0.243 e. The van der Waals surface area contributed by atoms with Crippen molar-refractivity contribution in [2.75, 3.05) is 31.1 Å². The third kappa shape index (κ3) is 3.19. The molecule has 1 aliphatic rings. The van der Waals surface area contributed by atoms with Crippen LogP contribution >= 0.6 is 11.6 Å². The van der Waals surface area contributed by atoms with Crippen LogP contribution in [0.25, 0.3) is 0 Å². The second-order valence-corrected chi connectivity index (χ2v) is 7.80. The molecule has 0 unspecified atom stereocenters. The molecule has 0 spiro atoms.